The molecule has 0 aliphatic carbocycles. The van der Waals surface area contributed by atoms with Crippen LogP contribution >= 0.6 is 24.0 Å². The Hall–Kier alpha value is -2.72. The normalized spacial score (nSPS) is 20.2. The monoisotopic (exact) mass is 420 g/mol. The number of carbonyl (C=O) groups is 4. The first-order valence-electron chi connectivity index (χ1n) is 8.30. The number of amides is 2. The van der Waals surface area contributed by atoms with Gasteiger partial charge in [0.15, 0.2) is 0 Å². The van der Waals surface area contributed by atoms with E-state index in [2.05, 4.69) is 0 Å². The van der Waals surface area contributed by atoms with Crippen molar-refractivity contribution in [2.45, 2.75) is 19.9 Å². The molecule has 1 aromatic rings. The maximum atomic E-state index is 13.0. The van der Waals surface area contributed by atoms with Crippen LogP contribution in [0.4, 0.5) is 5.69 Å². The third kappa shape index (κ3) is 3.18. The predicted molar refractivity (Wildman–Crippen MR) is 107 cm³/mol. The second-order valence-corrected chi connectivity index (χ2v) is 8.22. The first-order valence-corrected chi connectivity index (χ1v) is 9.53. The number of thioether (sulfide) groups is 1. The van der Waals surface area contributed by atoms with Gasteiger partial charge in [-0.3, -0.25) is 24.2 Å². The number of thiocarbonyl (C=S) groups is 1. The number of aliphatic carboxylic acids is 2. The molecule has 0 aromatic heterocycles. The van der Waals surface area contributed by atoms with Crippen LogP contribution in [0.25, 0.3) is 5.57 Å². The van der Waals surface area contributed by atoms with Crippen molar-refractivity contribution in [3.05, 3.63) is 34.7 Å². The minimum absolute atomic E-state index is 0.0160. The van der Waals surface area contributed by atoms with Gasteiger partial charge >= 0.3 is 11.9 Å². The van der Waals surface area contributed by atoms with Crippen molar-refractivity contribution in [2.24, 2.45) is 5.92 Å². The third-order valence-corrected chi connectivity index (χ3v) is 5.81. The lowest BCUT2D eigenvalue weighted by atomic mass is 10.0. The highest BCUT2D eigenvalue weighted by Crippen LogP contribution is 2.45. The van der Waals surface area contributed by atoms with Gasteiger partial charge in [0.25, 0.3) is 11.8 Å². The Morgan fingerprint density at radius 1 is 1.14 bits per heavy atom. The minimum atomic E-state index is -1.19. The van der Waals surface area contributed by atoms with Crippen LogP contribution in [0, 0.1) is 5.92 Å². The summed E-state index contributed by atoms with van der Waals surface area (Å²) in [5, 5.41) is 18.6. The van der Waals surface area contributed by atoms with Crippen LogP contribution in [-0.2, 0) is 19.2 Å². The molecular weight excluding hydrogens is 404 g/mol. The van der Waals surface area contributed by atoms with Crippen LogP contribution in [0.3, 0.4) is 0 Å². The van der Waals surface area contributed by atoms with E-state index in [1.165, 1.54) is 0 Å². The number of benzene rings is 1. The number of hydrogen-bond acceptors (Lipinski definition) is 6. The standard InChI is InChI=1S/C18H16N2O6S2/c1-8(2)13(17(25)26)20-16(24)14(28-18(20)27)12-9-5-3-4-6-10(9)19(15(12)23)7-11(21)22/h3-6,8,13H,7H2,1-2H3,(H,21,22)(H,25,26). The van der Waals surface area contributed by atoms with Crippen molar-refractivity contribution >= 4 is 63.3 Å². The Balaban J connectivity index is 2.12. The molecule has 1 saturated heterocycles. The van der Waals surface area contributed by atoms with E-state index in [0.717, 1.165) is 21.6 Å². The van der Waals surface area contributed by atoms with Gasteiger partial charge in [0, 0.05) is 5.56 Å². The molecule has 2 N–H and O–H groups in total. The van der Waals surface area contributed by atoms with Crippen molar-refractivity contribution in [1.82, 2.24) is 4.90 Å². The highest BCUT2D eigenvalue weighted by Gasteiger charge is 2.46. The average molecular weight is 420 g/mol. The van der Waals surface area contributed by atoms with Gasteiger partial charge in [-0.25, -0.2) is 4.79 Å². The summed E-state index contributed by atoms with van der Waals surface area (Å²) < 4.78 is 0.0514. The summed E-state index contributed by atoms with van der Waals surface area (Å²) in [6.45, 7) is 2.77. The molecule has 0 bridgehead atoms. The third-order valence-electron chi connectivity index (χ3n) is 4.41. The molecule has 1 aromatic carbocycles. The van der Waals surface area contributed by atoms with Gasteiger partial charge in [0.1, 0.15) is 16.9 Å². The van der Waals surface area contributed by atoms with Crippen LogP contribution in [0.5, 0.6) is 0 Å². The van der Waals surface area contributed by atoms with Crippen LogP contribution in [-0.4, -0.2) is 55.8 Å². The second-order valence-electron chi connectivity index (χ2n) is 6.58. The Kier molecular flexibility index (Phi) is 5.26. The molecule has 0 radical (unpaired) electrons. The molecule has 10 heteroatoms. The molecular formula is C18H16N2O6S2. The van der Waals surface area contributed by atoms with Crippen molar-refractivity contribution in [3.8, 4) is 0 Å². The van der Waals surface area contributed by atoms with E-state index in [9.17, 15) is 24.3 Å². The van der Waals surface area contributed by atoms with E-state index in [1.807, 2.05) is 0 Å². The quantitative estimate of drug-likeness (QED) is 0.547. The van der Waals surface area contributed by atoms with E-state index >= 15 is 0 Å². The number of fused-ring (bicyclic) bond motifs is 1. The molecule has 3 rings (SSSR count). The fourth-order valence-electron chi connectivity index (χ4n) is 3.26. The number of carboxylic acid groups (broad SMARTS) is 2. The fourth-order valence-corrected chi connectivity index (χ4v) is 4.66. The van der Waals surface area contributed by atoms with Gasteiger partial charge in [-0.2, -0.15) is 0 Å². The van der Waals surface area contributed by atoms with Crippen LogP contribution in [0.1, 0.15) is 19.4 Å². The number of hydrogen-bond donors (Lipinski definition) is 2. The molecule has 1 fully saturated rings. The summed E-state index contributed by atoms with van der Waals surface area (Å²) >= 11 is 6.09. The zero-order chi connectivity index (χ0) is 20.7. The summed E-state index contributed by atoms with van der Waals surface area (Å²) in [5.41, 5.74) is 0.851. The smallest absolute Gasteiger partial charge is 0.327 e. The van der Waals surface area contributed by atoms with Gasteiger partial charge in [-0.15, -0.1) is 0 Å². The molecule has 0 saturated carbocycles. The summed E-state index contributed by atoms with van der Waals surface area (Å²) in [6.07, 6.45) is 0. The first kappa shape index (κ1) is 20.0. The number of carboxylic acids is 2. The number of anilines is 1. The van der Waals surface area contributed by atoms with Crippen LogP contribution < -0.4 is 4.90 Å². The van der Waals surface area contributed by atoms with E-state index in [1.54, 1.807) is 38.1 Å². The summed E-state index contributed by atoms with van der Waals surface area (Å²) in [5.74, 6) is -4.07. The number of para-hydroxylation sites is 1. The topological polar surface area (TPSA) is 115 Å². The largest absolute Gasteiger partial charge is 0.480 e. The molecule has 1 unspecified atom stereocenters. The van der Waals surface area contributed by atoms with Crippen molar-refractivity contribution in [3.63, 3.8) is 0 Å². The predicted octanol–water partition coefficient (Wildman–Crippen LogP) is 1.80. The second kappa shape index (κ2) is 7.36. The summed E-state index contributed by atoms with van der Waals surface area (Å²) in [7, 11) is 0. The number of rotatable bonds is 5. The van der Waals surface area contributed by atoms with Crippen molar-refractivity contribution in [2.75, 3.05) is 11.4 Å². The van der Waals surface area contributed by atoms with Crippen LogP contribution in [0.2, 0.25) is 0 Å². The lowest BCUT2D eigenvalue weighted by Crippen LogP contribution is -2.47. The highest BCUT2D eigenvalue weighted by atomic mass is 32.2. The molecule has 1 atom stereocenters. The number of nitrogens with zero attached hydrogens (tertiary/aromatic N) is 2. The molecule has 0 spiro atoms. The van der Waals surface area contributed by atoms with E-state index in [0.29, 0.717) is 11.3 Å². The van der Waals surface area contributed by atoms with E-state index in [-0.39, 0.29) is 14.8 Å². The Morgan fingerprint density at radius 3 is 2.36 bits per heavy atom. The fraction of sp³-hybridized carbons (Fsp3) is 0.278. The number of carbonyl (C=O) groups excluding carboxylic acids is 2. The van der Waals surface area contributed by atoms with Gasteiger partial charge in [-0.1, -0.05) is 56.0 Å². The SMILES string of the molecule is CC(C)C(C(=O)O)N1C(=O)C(=C2C(=O)N(CC(=O)O)c3ccccc32)SC1=S. The lowest BCUT2D eigenvalue weighted by Gasteiger charge is -2.26. The Bertz CT molecular complexity index is 955. The molecule has 2 aliphatic heterocycles. The summed E-state index contributed by atoms with van der Waals surface area (Å²) in [4.78, 5) is 50.9. The van der Waals surface area contributed by atoms with Gasteiger partial charge in [0.2, 0.25) is 0 Å². The highest BCUT2D eigenvalue weighted by molar-refractivity contribution is 8.26. The Labute approximate surface area is 169 Å². The molecule has 146 valence electrons. The molecule has 8 nitrogen and oxygen atoms in total. The van der Waals surface area contributed by atoms with Crippen molar-refractivity contribution < 1.29 is 29.4 Å². The maximum absolute atomic E-state index is 13.0. The molecule has 28 heavy (non-hydrogen) atoms. The van der Waals surface area contributed by atoms with E-state index in [4.69, 9.17) is 17.3 Å². The average Bonchev–Trinajstić information content (AvgIpc) is 3.03. The molecule has 2 heterocycles. The van der Waals surface area contributed by atoms with Crippen molar-refractivity contribution in [1.29, 1.82) is 0 Å². The maximum Gasteiger partial charge on any atom is 0.327 e. The first-order chi connectivity index (χ1) is 13.1. The lowest BCUT2D eigenvalue weighted by molar-refractivity contribution is -0.146. The van der Waals surface area contributed by atoms with Gasteiger partial charge in [0.05, 0.1) is 16.2 Å². The zero-order valence-electron chi connectivity index (χ0n) is 14.9. The van der Waals surface area contributed by atoms with Gasteiger partial charge < -0.3 is 10.2 Å². The van der Waals surface area contributed by atoms with E-state index < -0.39 is 42.3 Å². The van der Waals surface area contributed by atoms with Crippen LogP contribution in [0.15, 0.2) is 29.2 Å². The molecule has 2 aliphatic rings. The Morgan fingerprint density at radius 2 is 1.79 bits per heavy atom. The van der Waals surface area contributed by atoms with Gasteiger partial charge in [-0.05, 0) is 12.0 Å². The zero-order valence-corrected chi connectivity index (χ0v) is 16.5. The summed E-state index contributed by atoms with van der Waals surface area (Å²) in [6, 6.07) is 5.39. The minimum Gasteiger partial charge on any atom is -0.480 e. The molecule has 2 amide bonds.